The molecule has 0 aliphatic rings. The molecule has 0 radical (unpaired) electrons. The van der Waals surface area contributed by atoms with Gasteiger partial charge in [-0.05, 0) is 24.3 Å². The number of para-hydroxylation sites is 1. The zero-order chi connectivity index (χ0) is 14.5. The van der Waals surface area contributed by atoms with Gasteiger partial charge in [-0.3, -0.25) is 4.98 Å². The average Bonchev–Trinajstić information content (AvgIpc) is 2.53. The van der Waals surface area contributed by atoms with Gasteiger partial charge in [0.25, 0.3) is 0 Å². The number of benzene rings is 1. The van der Waals surface area contributed by atoms with Crippen molar-refractivity contribution in [3.63, 3.8) is 0 Å². The first kappa shape index (κ1) is 13.1. The van der Waals surface area contributed by atoms with E-state index in [9.17, 15) is 0 Å². The van der Waals surface area contributed by atoms with Gasteiger partial charge in [0, 0.05) is 30.0 Å². The van der Waals surface area contributed by atoms with Gasteiger partial charge in [0.2, 0.25) is 5.95 Å². The Morgan fingerprint density at radius 3 is 2.67 bits per heavy atom. The summed E-state index contributed by atoms with van der Waals surface area (Å²) in [5.74, 6) is 1.34. The fourth-order valence-electron chi connectivity index (χ4n) is 2.00. The minimum absolute atomic E-state index is 0.548. The Morgan fingerprint density at radius 2 is 1.86 bits per heavy atom. The van der Waals surface area contributed by atoms with Gasteiger partial charge in [0.15, 0.2) is 0 Å². The molecule has 104 valence electrons. The number of aromatic nitrogens is 3. The van der Waals surface area contributed by atoms with Crippen LogP contribution in [-0.4, -0.2) is 21.5 Å². The molecule has 0 saturated heterocycles. The quantitative estimate of drug-likeness (QED) is 0.700. The van der Waals surface area contributed by atoms with Crippen molar-refractivity contribution in [3.05, 3.63) is 61.4 Å². The fourth-order valence-corrected chi connectivity index (χ4v) is 2.00. The van der Waals surface area contributed by atoms with Crippen LogP contribution in [0.3, 0.4) is 0 Å². The predicted octanol–water partition coefficient (Wildman–Crippen LogP) is 3.37. The summed E-state index contributed by atoms with van der Waals surface area (Å²) >= 11 is 0. The van der Waals surface area contributed by atoms with E-state index in [1.807, 2.05) is 36.4 Å². The Labute approximate surface area is 122 Å². The molecule has 0 aliphatic heterocycles. The van der Waals surface area contributed by atoms with Crippen molar-refractivity contribution in [1.29, 1.82) is 0 Å². The number of anilines is 3. The molecule has 0 fully saturated rings. The van der Waals surface area contributed by atoms with Crippen LogP contribution in [-0.2, 0) is 0 Å². The first-order valence-electron chi connectivity index (χ1n) is 6.65. The van der Waals surface area contributed by atoms with E-state index in [1.165, 1.54) is 0 Å². The molecule has 0 saturated carbocycles. The molecule has 3 rings (SSSR count). The highest BCUT2D eigenvalue weighted by Crippen LogP contribution is 2.23. The third-order valence-corrected chi connectivity index (χ3v) is 2.95. The van der Waals surface area contributed by atoms with E-state index in [4.69, 9.17) is 0 Å². The molecule has 2 N–H and O–H groups in total. The van der Waals surface area contributed by atoms with Crippen molar-refractivity contribution >= 4 is 28.4 Å². The molecule has 3 aromatic rings. The second-order valence-corrected chi connectivity index (χ2v) is 4.44. The predicted molar refractivity (Wildman–Crippen MR) is 85.7 cm³/mol. The van der Waals surface area contributed by atoms with E-state index in [2.05, 4.69) is 32.2 Å². The fraction of sp³-hybridized carbons (Fsp3) is 0.0625. The van der Waals surface area contributed by atoms with Gasteiger partial charge in [-0.25, -0.2) is 4.98 Å². The van der Waals surface area contributed by atoms with Crippen molar-refractivity contribution in [2.24, 2.45) is 0 Å². The van der Waals surface area contributed by atoms with E-state index in [0.29, 0.717) is 12.5 Å². The monoisotopic (exact) mass is 277 g/mol. The molecule has 2 heterocycles. The van der Waals surface area contributed by atoms with E-state index in [0.717, 1.165) is 22.4 Å². The first-order chi connectivity index (χ1) is 10.4. The molecular formula is C16H15N5. The second kappa shape index (κ2) is 6.00. The Morgan fingerprint density at radius 1 is 1.05 bits per heavy atom. The third-order valence-electron chi connectivity index (χ3n) is 2.95. The van der Waals surface area contributed by atoms with Gasteiger partial charge in [0.1, 0.15) is 5.82 Å². The lowest BCUT2D eigenvalue weighted by atomic mass is 10.2. The second-order valence-electron chi connectivity index (χ2n) is 4.44. The van der Waals surface area contributed by atoms with Crippen LogP contribution >= 0.6 is 0 Å². The SMILES string of the molecule is C=CCNc1nc(Nc2ccncc2)nc2ccccc12. The summed E-state index contributed by atoms with van der Waals surface area (Å²) in [5, 5.41) is 7.41. The minimum Gasteiger partial charge on any atom is -0.366 e. The molecule has 5 nitrogen and oxygen atoms in total. The highest BCUT2D eigenvalue weighted by molar-refractivity contribution is 5.90. The number of nitrogens with zero attached hydrogens (tertiary/aromatic N) is 3. The smallest absolute Gasteiger partial charge is 0.229 e. The highest BCUT2D eigenvalue weighted by atomic mass is 15.1. The molecule has 0 spiro atoms. The zero-order valence-corrected chi connectivity index (χ0v) is 11.5. The van der Waals surface area contributed by atoms with Crippen LogP contribution in [0.15, 0.2) is 61.4 Å². The molecule has 0 atom stereocenters. The Bertz CT molecular complexity index is 755. The Balaban J connectivity index is 2.01. The van der Waals surface area contributed by atoms with Crippen molar-refractivity contribution in [2.45, 2.75) is 0 Å². The summed E-state index contributed by atoms with van der Waals surface area (Å²) < 4.78 is 0. The van der Waals surface area contributed by atoms with Gasteiger partial charge in [-0.15, -0.1) is 6.58 Å². The summed E-state index contributed by atoms with van der Waals surface area (Å²) in [6.45, 7) is 4.37. The van der Waals surface area contributed by atoms with Crippen molar-refractivity contribution in [3.8, 4) is 0 Å². The summed E-state index contributed by atoms with van der Waals surface area (Å²) in [6, 6.07) is 11.6. The van der Waals surface area contributed by atoms with E-state index < -0.39 is 0 Å². The Kier molecular flexibility index (Phi) is 3.73. The molecule has 1 aromatic carbocycles. The van der Waals surface area contributed by atoms with Crippen LogP contribution in [0.4, 0.5) is 17.5 Å². The van der Waals surface area contributed by atoms with Gasteiger partial charge in [-0.1, -0.05) is 18.2 Å². The third kappa shape index (κ3) is 2.97. The molecular weight excluding hydrogens is 262 g/mol. The molecule has 0 aliphatic carbocycles. The number of fused-ring (bicyclic) bond motifs is 1. The van der Waals surface area contributed by atoms with Crippen LogP contribution in [0.5, 0.6) is 0 Å². The standard InChI is InChI=1S/C16H15N5/c1-2-9-18-15-13-5-3-4-6-14(13)20-16(21-15)19-12-7-10-17-11-8-12/h2-8,10-11H,1,9H2,(H2,17,18,19,20,21). The van der Waals surface area contributed by atoms with Crippen molar-refractivity contribution in [2.75, 3.05) is 17.2 Å². The topological polar surface area (TPSA) is 62.7 Å². The van der Waals surface area contributed by atoms with Gasteiger partial charge >= 0.3 is 0 Å². The number of rotatable bonds is 5. The molecule has 0 bridgehead atoms. The maximum absolute atomic E-state index is 4.53. The molecule has 5 heteroatoms. The van der Waals surface area contributed by atoms with Gasteiger partial charge in [0.05, 0.1) is 5.52 Å². The van der Waals surface area contributed by atoms with Crippen LogP contribution in [0.25, 0.3) is 10.9 Å². The van der Waals surface area contributed by atoms with Crippen molar-refractivity contribution < 1.29 is 0 Å². The molecule has 21 heavy (non-hydrogen) atoms. The lowest BCUT2D eigenvalue weighted by Gasteiger charge is -2.10. The molecule has 2 aromatic heterocycles. The van der Waals surface area contributed by atoms with E-state index >= 15 is 0 Å². The number of hydrogen-bond acceptors (Lipinski definition) is 5. The van der Waals surface area contributed by atoms with E-state index in [-0.39, 0.29) is 0 Å². The molecule has 0 amide bonds. The van der Waals surface area contributed by atoms with Crippen LogP contribution in [0, 0.1) is 0 Å². The number of pyridine rings is 1. The normalized spacial score (nSPS) is 10.3. The first-order valence-corrected chi connectivity index (χ1v) is 6.65. The maximum atomic E-state index is 4.53. The lowest BCUT2D eigenvalue weighted by molar-refractivity contribution is 1.18. The summed E-state index contributed by atoms with van der Waals surface area (Å²) in [6.07, 6.45) is 5.24. The lowest BCUT2D eigenvalue weighted by Crippen LogP contribution is -2.05. The van der Waals surface area contributed by atoms with E-state index in [1.54, 1.807) is 18.5 Å². The maximum Gasteiger partial charge on any atom is 0.229 e. The number of nitrogens with one attached hydrogen (secondary N) is 2. The highest BCUT2D eigenvalue weighted by Gasteiger charge is 2.06. The Hall–Kier alpha value is -2.95. The van der Waals surface area contributed by atoms with Crippen LogP contribution in [0.1, 0.15) is 0 Å². The van der Waals surface area contributed by atoms with Gasteiger partial charge in [-0.2, -0.15) is 4.98 Å². The van der Waals surface area contributed by atoms with Gasteiger partial charge < -0.3 is 10.6 Å². The summed E-state index contributed by atoms with van der Waals surface area (Å²) in [5.41, 5.74) is 1.78. The zero-order valence-electron chi connectivity index (χ0n) is 11.5. The largest absolute Gasteiger partial charge is 0.366 e. The average molecular weight is 277 g/mol. The van der Waals surface area contributed by atoms with Crippen LogP contribution in [0.2, 0.25) is 0 Å². The van der Waals surface area contributed by atoms with Crippen molar-refractivity contribution in [1.82, 2.24) is 15.0 Å². The molecule has 0 unspecified atom stereocenters. The van der Waals surface area contributed by atoms with Crippen LogP contribution < -0.4 is 10.6 Å². The minimum atomic E-state index is 0.548. The summed E-state index contributed by atoms with van der Waals surface area (Å²) in [4.78, 5) is 13.1. The summed E-state index contributed by atoms with van der Waals surface area (Å²) in [7, 11) is 0. The number of hydrogen-bond donors (Lipinski definition) is 2.